The molecule has 0 spiro atoms. The van der Waals surface area contributed by atoms with Crippen molar-refractivity contribution >= 4 is 66.4 Å². The molecule has 2 aromatic heterocycles. The number of rotatable bonds is 2. The van der Waals surface area contributed by atoms with E-state index in [4.69, 9.17) is 23.2 Å². The molecule has 0 aliphatic heterocycles. The Morgan fingerprint density at radius 1 is 1.19 bits per heavy atom. The molecule has 0 radical (unpaired) electrons. The molecule has 2 N–H and O–H groups in total. The Kier molecular flexibility index (Phi) is 4.34. The number of phenolic OH excluding ortho intramolecular Hbond substituents is 1. The van der Waals surface area contributed by atoms with E-state index in [2.05, 4.69) is 41.8 Å². The van der Waals surface area contributed by atoms with E-state index >= 15 is 0 Å². The van der Waals surface area contributed by atoms with E-state index < -0.39 is 0 Å². The lowest BCUT2D eigenvalue weighted by atomic mass is 10.1. The fraction of sp³-hybridized carbons (Fsp3) is 0. The van der Waals surface area contributed by atoms with Gasteiger partial charge in [-0.3, -0.25) is 0 Å². The van der Waals surface area contributed by atoms with Crippen LogP contribution in [0.5, 0.6) is 5.75 Å². The van der Waals surface area contributed by atoms with E-state index in [0.29, 0.717) is 25.9 Å². The topological polar surface area (TPSA) is 48.9 Å². The second-order valence-electron chi connectivity index (χ2n) is 4.17. The second-order valence-corrected chi connectivity index (χ2v) is 7.58. The van der Waals surface area contributed by atoms with E-state index in [1.165, 1.54) is 11.3 Å². The summed E-state index contributed by atoms with van der Waals surface area (Å²) in [6.07, 6.45) is 0. The van der Waals surface area contributed by atoms with Gasteiger partial charge in [0.25, 0.3) is 0 Å². The lowest BCUT2D eigenvalue weighted by Crippen LogP contribution is -1.83. The van der Waals surface area contributed by atoms with Crippen molar-refractivity contribution in [1.82, 2.24) is 9.97 Å². The zero-order valence-electron chi connectivity index (χ0n) is 10.1. The molecule has 3 rings (SSSR count). The SMILES string of the molecule is Oc1c(Br)cc(Br)cc1-c1csc(-c2cc(Cl)c(Cl)[nH]2)n1. The van der Waals surface area contributed by atoms with Crippen LogP contribution in [0.3, 0.4) is 0 Å². The Morgan fingerprint density at radius 2 is 1.95 bits per heavy atom. The average Bonchev–Trinajstić information content (AvgIpc) is 3.02. The van der Waals surface area contributed by atoms with Crippen LogP contribution in [-0.4, -0.2) is 15.1 Å². The zero-order chi connectivity index (χ0) is 15.1. The van der Waals surface area contributed by atoms with Crippen molar-refractivity contribution in [3.05, 3.63) is 42.7 Å². The number of nitrogens with one attached hydrogen (secondary N) is 1. The largest absolute Gasteiger partial charge is 0.506 e. The highest BCUT2D eigenvalue weighted by molar-refractivity contribution is 9.11. The average molecular weight is 469 g/mol. The van der Waals surface area contributed by atoms with E-state index in [-0.39, 0.29) is 5.75 Å². The predicted octanol–water partition coefficient (Wildman–Crippen LogP) is 6.34. The summed E-state index contributed by atoms with van der Waals surface area (Å²) in [6.45, 7) is 0. The number of aromatic amines is 1. The van der Waals surface area contributed by atoms with Crippen LogP contribution in [0, 0.1) is 0 Å². The molecule has 0 bridgehead atoms. The van der Waals surface area contributed by atoms with Crippen molar-refractivity contribution in [3.8, 4) is 27.7 Å². The van der Waals surface area contributed by atoms with Gasteiger partial charge in [0.15, 0.2) is 0 Å². The highest BCUT2D eigenvalue weighted by atomic mass is 79.9. The lowest BCUT2D eigenvalue weighted by molar-refractivity contribution is 0.473. The summed E-state index contributed by atoms with van der Waals surface area (Å²) < 4.78 is 1.45. The van der Waals surface area contributed by atoms with Gasteiger partial charge in [-0.25, -0.2) is 4.98 Å². The number of aromatic hydroxyl groups is 1. The molecule has 0 aliphatic carbocycles. The molecule has 2 heterocycles. The molecule has 0 aliphatic rings. The van der Waals surface area contributed by atoms with Crippen molar-refractivity contribution in [3.63, 3.8) is 0 Å². The third-order valence-corrected chi connectivity index (χ3v) is 5.39. The van der Waals surface area contributed by atoms with Crippen molar-refractivity contribution < 1.29 is 5.11 Å². The van der Waals surface area contributed by atoms with E-state index in [9.17, 15) is 5.11 Å². The number of hydrogen-bond donors (Lipinski definition) is 2. The minimum Gasteiger partial charge on any atom is -0.506 e. The first-order valence-electron chi connectivity index (χ1n) is 5.64. The van der Waals surface area contributed by atoms with E-state index in [1.54, 1.807) is 12.1 Å². The first-order valence-corrected chi connectivity index (χ1v) is 8.86. The molecule has 8 heteroatoms. The maximum absolute atomic E-state index is 10.2. The molecule has 21 heavy (non-hydrogen) atoms. The van der Waals surface area contributed by atoms with E-state index in [1.807, 2.05) is 11.4 Å². The summed E-state index contributed by atoms with van der Waals surface area (Å²) in [4.78, 5) is 7.48. The number of benzene rings is 1. The molecule has 0 unspecified atom stereocenters. The molecule has 0 atom stereocenters. The summed E-state index contributed by atoms with van der Waals surface area (Å²) in [5, 5.41) is 13.6. The highest BCUT2D eigenvalue weighted by Crippen LogP contribution is 2.40. The normalized spacial score (nSPS) is 11.0. The van der Waals surface area contributed by atoms with Gasteiger partial charge < -0.3 is 10.1 Å². The van der Waals surface area contributed by atoms with Crippen molar-refractivity contribution in [1.29, 1.82) is 0 Å². The number of hydrogen-bond acceptors (Lipinski definition) is 3. The third-order valence-electron chi connectivity index (χ3n) is 2.76. The standard InChI is InChI=1S/C13H6Br2Cl2N2OS/c14-5-1-6(11(20)7(15)2-5)10-4-21-13(19-10)9-3-8(16)12(17)18-9/h1-4,18,20H. The molecule has 0 amide bonds. The van der Waals surface area contributed by atoms with Crippen molar-refractivity contribution in [2.75, 3.05) is 0 Å². The fourth-order valence-corrected chi connectivity index (χ4v) is 4.13. The molecule has 3 nitrogen and oxygen atoms in total. The van der Waals surface area contributed by atoms with Crippen LogP contribution in [0.4, 0.5) is 0 Å². The first-order chi connectivity index (χ1) is 9.95. The van der Waals surface area contributed by atoms with Crippen LogP contribution >= 0.6 is 66.4 Å². The van der Waals surface area contributed by atoms with Gasteiger partial charge in [-0.05, 0) is 34.1 Å². The Hall–Kier alpha value is -0.530. The summed E-state index contributed by atoms with van der Waals surface area (Å²) >= 11 is 20.0. The Balaban J connectivity index is 2.06. The van der Waals surface area contributed by atoms with Gasteiger partial charge in [-0.1, -0.05) is 39.1 Å². The van der Waals surface area contributed by atoms with Crippen LogP contribution in [-0.2, 0) is 0 Å². The summed E-state index contributed by atoms with van der Waals surface area (Å²) in [5.41, 5.74) is 2.06. The number of H-pyrrole nitrogens is 1. The molecule has 108 valence electrons. The number of aromatic nitrogens is 2. The van der Waals surface area contributed by atoms with Gasteiger partial charge in [-0.2, -0.15) is 0 Å². The highest BCUT2D eigenvalue weighted by Gasteiger charge is 2.15. The monoisotopic (exact) mass is 466 g/mol. The minimum atomic E-state index is 0.151. The van der Waals surface area contributed by atoms with Gasteiger partial charge in [0.1, 0.15) is 15.9 Å². The van der Waals surface area contributed by atoms with Crippen LogP contribution < -0.4 is 0 Å². The predicted molar refractivity (Wildman–Crippen MR) is 94.4 cm³/mol. The van der Waals surface area contributed by atoms with Gasteiger partial charge in [0, 0.05) is 15.4 Å². The number of phenols is 1. The second kappa shape index (κ2) is 5.93. The fourth-order valence-electron chi connectivity index (χ4n) is 1.80. The molecule has 0 saturated heterocycles. The van der Waals surface area contributed by atoms with Crippen LogP contribution in [0.2, 0.25) is 10.2 Å². The molecule has 0 saturated carbocycles. The summed E-state index contributed by atoms with van der Waals surface area (Å²) in [6, 6.07) is 5.31. The number of thiazole rings is 1. The molecular formula is C13H6Br2Cl2N2OS. The van der Waals surface area contributed by atoms with Gasteiger partial charge in [0.2, 0.25) is 0 Å². The Labute approximate surface area is 151 Å². The van der Waals surface area contributed by atoms with E-state index in [0.717, 1.165) is 15.2 Å². The molecule has 0 fully saturated rings. The zero-order valence-corrected chi connectivity index (χ0v) is 15.6. The van der Waals surface area contributed by atoms with Gasteiger partial charge >= 0.3 is 0 Å². The summed E-state index contributed by atoms with van der Waals surface area (Å²) in [5.74, 6) is 0.151. The lowest BCUT2D eigenvalue weighted by Gasteiger charge is -2.04. The Morgan fingerprint density at radius 3 is 2.62 bits per heavy atom. The van der Waals surface area contributed by atoms with Crippen LogP contribution in [0.15, 0.2) is 32.5 Å². The number of nitrogens with zero attached hydrogens (tertiary/aromatic N) is 1. The maximum Gasteiger partial charge on any atom is 0.140 e. The molecule has 3 aromatic rings. The van der Waals surface area contributed by atoms with Crippen LogP contribution in [0.25, 0.3) is 22.0 Å². The Bertz CT molecular complexity index is 812. The minimum absolute atomic E-state index is 0.151. The van der Waals surface area contributed by atoms with Gasteiger partial charge in [0.05, 0.1) is 20.9 Å². The third kappa shape index (κ3) is 3.00. The van der Waals surface area contributed by atoms with Gasteiger partial charge in [-0.15, -0.1) is 11.3 Å². The van der Waals surface area contributed by atoms with Crippen molar-refractivity contribution in [2.24, 2.45) is 0 Å². The molecule has 1 aromatic carbocycles. The number of halogens is 4. The summed E-state index contributed by atoms with van der Waals surface area (Å²) in [7, 11) is 0. The van der Waals surface area contributed by atoms with Crippen LogP contribution in [0.1, 0.15) is 0 Å². The van der Waals surface area contributed by atoms with Crippen molar-refractivity contribution in [2.45, 2.75) is 0 Å². The quantitative estimate of drug-likeness (QED) is 0.461. The first kappa shape index (κ1) is 15.4. The molecular weight excluding hydrogens is 463 g/mol. The smallest absolute Gasteiger partial charge is 0.140 e. The maximum atomic E-state index is 10.2.